The van der Waals surface area contributed by atoms with Crippen LogP contribution in [0.25, 0.3) is 0 Å². The molecule has 0 saturated carbocycles. The van der Waals surface area contributed by atoms with Crippen LogP contribution in [0.5, 0.6) is 5.75 Å². The fourth-order valence-corrected chi connectivity index (χ4v) is 1.94. The van der Waals surface area contributed by atoms with E-state index in [0.717, 1.165) is 11.4 Å². The van der Waals surface area contributed by atoms with Crippen LogP contribution in [-0.2, 0) is 0 Å². The molecule has 0 spiro atoms. The smallest absolute Gasteiger partial charge is 0.120 e. The quantitative estimate of drug-likeness (QED) is 0.812. The minimum Gasteiger partial charge on any atom is -0.497 e. The predicted octanol–water partition coefficient (Wildman–Crippen LogP) is 1.49. The molecule has 17 heavy (non-hydrogen) atoms. The molecule has 0 fully saturated rings. The van der Waals surface area contributed by atoms with E-state index < -0.39 is 6.10 Å². The van der Waals surface area contributed by atoms with Gasteiger partial charge in [0.1, 0.15) is 5.75 Å². The first-order valence-corrected chi connectivity index (χ1v) is 5.89. The van der Waals surface area contributed by atoms with Crippen molar-refractivity contribution in [1.82, 2.24) is 0 Å². The monoisotopic (exact) mass is 258 g/mol. The number of hydrogen-bond acceptors (Lipinski definition) is 4. The number of ether oxygens (including phenoxy) is 1. The second-order valence-corrected chi connectivity index (χ2v) is 4.34. The van der Waals surface area contributed by atoms with Crippen molar-refractivity contribution in [2.45, 2.75) is 12.5 Å². The molecule has 0 amide bonds. The second kappa shape index (κ2) is 6.69. The fourth-order valence-electron chi connectivity index (χ4n) is 1.62. The van der Waals surface area contributed by atoms with E-state index in [1.165, 1.54) is 0 Å². The van der Waals surface area contributed by atoms with Crippen LogP contribution in [0.15, 0.2) is 18.2 Å². The van der Waals surface area contributed by atoms with E-state index in [9.17, 15) is 5.11 Å². The molecule has 0 aliphatic rings. The Balaban J connectivity index is 2.71. The lowest BCUT2D eigenvalue weighted by atomic mass is 10.2. The molecule has 0 saturated heterocycles. The number of nitrogens with zero attached hydrogens (tertiary/aromatic N) is 1. The number of methoxy groups -OCH3 is 1. The first-order chi connectivity index (χ1) is 8.08. The van der Waals surface area contributed by atoms with Crippen LogP contribution < -0.4 is 15.4 Å². The third-order valence-electron chi connectivity index (χ3n) is 2.55. The molecule has 1 atom stereocenters. The predicted molar refractivity (Wildman–Crippen MR) is 71.0 cm³/mol. The third kappa shape index (κ3) is 4.07. The highest BCUT2D eigenvalue weighted by Gasteiger charge is 2.11. The Hall–Kier alpha value is -0.970. The highest BCUT2D eigenvalue weighted by Crippen LogP contribution is 2.29. The summed E-state index contributed by atoms with van der Waals surface area (Å²) in [6, 6.07) is 5.46. The number of nitrogens with two attached hydrogens (primary N) is 1. The van der Waals surface area contributed by atoms with Gasteiger partial charge in [-0.3, -0.25) is 0 Å². The summed E-state index contributed by atoms with van der Waals surface area (Å²) in [6.07, 6.45) is 0.140. The number of aliphatic hydroxyl groups excluding tert-OH is 1. The molecule has 1 rings (SSSR count). The summed E-state index contributed by atoms with van der Waals surface area (Å²) in [6.45, 7) is 0.981. The summed E-state index contributed by atoms with van der Waals surface area (Å²) in [5.74, 6) is 0.717. The lowest BCUT2D eigenvalue weighted by molar-refractivity contribution is 0.174. The van der Waals surface area contributed by atoms with Gasteiger partial charge in [-0.1, -0.05) is 11.6 Å². The van der Waals surface area contributed by atoms with Gasteiger partial charge in [0.25, 0.3) is 0 Å². The molecule has 5 heteroatoms. The van der Waals surface area contributed by atoms with Crippen molar-refractivity contribution in [1.29, 1.82) is 0 Å². The van der Waals surface area contributed by atoms with Gasteiger partial charge in [0, 0.05) is 19.7 Å². The molecule has 0 bridgehead atoms. The molecular formula is C12H19ClN2O2. The van der Waals surface area contributed by atoms with E-state index in [1.807, 2.05) is 24.1 Å². The van der Waals surface area contributed by atoms with Gasteiger partial charge >= 0.3 is 0 Å². The van der Waals surface area contributed by atoms with E-state index in [0.29, 0.717) is 24.5 Å². The van der Waals surface area contributed by atoms with Gasteiger partial charge in [0.05, 0.1) is 23.9 Å². The minimum atomic E-state index is -0.442. The molecule has 0 aliphatic heterocycles. The maximum Gasteiger partial charge on any atom is 0.120 e. The van der Waals surface area contributed by atoms with Crippen LogP contribution in [0.3, 0.4) is 0 Å². The number of anilines is 1. The Morgan fingerprint density at radius 2 is 2.24 bits per heavy atom. The largest absolute Gasteiger partial charge is 0.497 e. The molecule has 4 nitrogen and oxygen atoms in total. The highest BCUT2D eigenvalue weighted by molar-refractivity contribution is 6.33. The van der Waals surface area contributed by atoms with Crippen LogP contribution in [0.1, 0.15) is 6.42 Å². The van der Waals surface area contributed by atoms with Crippen LogP contribution in [0.2, 0.25) is 5.02 Å². The van der Waals surface area contributed by atoms with E-state index >= 15 is 0 Å². The molecule has 1 aromatic carbocycles. The van der Waals surface area contributed by atoms with Crippen molar-refractivity contribution in [3.05, 3.63) is 23.2 Å². The number of halogens is 1. The first kappa shape index (κ1) is 14.1. The van der Waals surface area contributed by atoms with Crippen LogP contribution >= 0.6 is 11.6 Å². The molecule has 0 aliphatic carbocycles. The van der Waals surface area contributed by atoms with Gasteiger partial charge in [-0.2, -0.15) is 0 Å². The Morgan fingerprint density at radius 3 is 2.76 bits per heavy atom. The summed E-state index contributed by atoms with van der Waals surface area (Å²) in [4.78, 5) is 1.90. The lowest BCUT2D eigenvalue weighted by Crippen LogP contribution is -2.30. The third-order valence-corrected chi connectivity index (χ3v) is 2.85. The lowest BCUT2D eigenvalue weighted by Gasteiger charge is -2.23. The van der Waals surface area contributed by atoms with E-state index in [4.69, 9.17) is 22.1 Å². The molecule has 0 aromatic heterocycles. The summed E-state index contributed by atoms with van der Waals surface area (Å²) >= 11 is 6.14. The average molecular weight is 259 g/mol. The minimum absolute atomic E-state index is 0.442. The topological polar surface area (TPSA) is 58.7 Å². The second-order valence-electron chi connectivity index (χ2n) is 3.93. The van der Waals surface area contributed by atoms with Crippen LogP contribution in [-0.4, -0.2) is 38.5 Å². The van der Waals surface area contributed by atoms with Crippen molar-refractivity contribution in [3.8, 4) is 5.75 Å². The molecule has 1 aromatic rings. The number of rotatable bonds is 6. The zero-order valence-electron chi connectivity index (χ0n) is 10.2. The van der Waals surface area contributed by atoms with Crippen molar-refractivity contribution in [2.24, 2.45) is 5.73 Å². The Labute approximate surface area is 107 Å². The van der Waals surface area contributed by atoms with Gasteiger partial charge in [-0.15, -0.1) is 0 Å². The van der Waals surface area contributed by atoms with Gasteiger partial charge in [-0.05, 0) is 25.1 Å². The van der Waals surface area contributed by atoms with Crippen molar-refractivity contribution in [3.63, 3.8) is 0 Å². The summed E-state index contributed by atoms with van der Waals surface area (Å²) in [5, 5.41) is 10.3. The Bertz CT molecular complexity index is 360. The Kier molecular flexibility index (Phi) is 5.55. The maximum atomic E-state index is 9.68. The summed E-state index contributed by atoms with van der Waals surface area (Å²) in [7, 11) is 3.48. The number of aliphatic hydroxyl groups is 1. The molecule has 96 valence electrons. The van der Waals surface area contributed by atoms with Gasteiger partial charge < -0.3 is 20.5 Å². The molecule has 0 radical (unpaired) electrons. The SMILES string of the molecule is COc1ccc(N(C)CC(O)CCN)c(Cl)c1. The fraction of sp³-hybridized carbons (Fsp3) is 0.500. The standard InChI is InChI=1S/C12H19ClN2O2/c1-15(8-9(16)5-6-14)12-4-3-10(17-2)7-11(12)13/h3-4,7,9,16H,5-6,8,14H2,1-2H3. The molecule has 1 unspecified atom stereocenters. The van der Waals surface area contributed by atoms with Crippen molar-refractivity contribution >= 4 is 17.3 Å². The van der Waals surface area contributed by atoms with E-state index in [1.54, 1.807) is 13.2 Å². The van der Waals surface area contributed by atoms with Gasteiger partial charge in [-0.25, -0.2) is 0 Å². The number of hydrogen-bond donors (Lipinski definition) is 2. The molecular weight excluding hydrogens is 240 g/mol. The maximum absolute atomic E-state index is 9.68. The van der Waals surface area contributed by atoms with Gasteiger partial charge in [0.2, 0.25) is 0 Å². The highest BCUT2D eigenvalue weighted by atomic mass is 35.5. The zero-order chi connectivity index (χ0) is 12.8. The molecule has 3 N–H and O–H groups in total. The average Bonchev–Trinajstić information content (AvgIpc) is 2.28. The van der Waals surface area contributed by atoms with Crippen molar-refractivity contribution in [2.75, 3.05) is 32.1 Å². The van der Waals surface area contributed by atoms with E-state index in [2.05, 4.69) is 0 Å². The number of benzene rings is 1. The zero-order valence-corrected chi connectivity index (χ0v) is 10.9. The number of likely N-dealkylation sites (N-methyl/N-ethyl adjacent to an activating group) is 1. The molecule has 0 heterocycles. The first-order valence-electron chi connectivity index (χ1n) is 5.51. The van der Waals surface area contributed by atoms with Crippen molar-refractivity contribution < 1.29 is 9.84 Å². The summed E-state index contributed by atoms with van der Waals surface area (Å²) in [5.41, 5.74) is 6.25. The van der Waals surface area contributed by atoms with Crippen LogP contribution in [0, 0.1) is 0 Å². The Morgan fingerprint density at radius 1 is 1.53 bits per heavy atom. The normalized spacial score (nSPS) is 12.3. The van der Waals surface area contributed by atoms with Gasteiger partial charge in [0.15, 0.2) is 0 Å². The van der Waals surface area contributed by atoms with Crippen LogP contribution in [0.4, 0.5) is 5.69 Å². The summed E-state index contributed by atoms with van der Waals surface area (Å²) < 4.78 is 5.08. The van der Waals surface area contributed by atoms with E-state index in [-0.39, 0.29) is 0 Å².